The third kappa shape index (κ3) is 3.28. The zero-order valence-corrected chi connectivity index (χ0v) is 6.70. The van der Waals surface area contributed by atoms with Crippen molar-refractivity contribution in [1.29, 1.82) is 0 Å². The van der Waals surface area contributed by atoms with Crippen LogP contribution in [0.15, 0.2) is 18.3 Å². The van der Waals surface area contributed by atoms with Crippen LogP contribution in [0.5, 0.6) is 0 Å². The lowest BCUT2D eigenvalue weighted by molar-refractivity contribution is -0.135. The molecule has 0 atom stereocenters. The minimum atomic E-state index is -1.08. The number of amides is 2. The van der Waals surface area contributed by atoms with E-state index < -0.39 is 18.5 Å². The van der Waals surface area contributed by atoms with Crippen LogP contribution >= 0.6 is 0 Å². The fourth-order valence-electron chi connectivity index (χ4n) is 0.730. The van der Waals surface area contributed by atoms with Gasteiger partial charge >= 0.3 is 12.0 Å². The summed E-state index contributed by atoms with van der Waals surface area (Å²) in [6, 6.07) is 2.82. The molecule has 6 nitrogen and oxygen atoms in total. The number of aromatic amines is 1. The summed E-state index contributed by atoms with van der Waals surface area (Å²) in [5.41, 5.74) is 0. The maximum absolute atomic E-state index is 10.9. The molecule has 0 aliphatic rings. The van der Waals surface area contributed by atoms with E-state index >= 15 is 0 Å². The average molecular weight is 183 g/mol. The normalized spacial score (nSPS) is 9.23. The first-order valence-corrected chi connectivity index (χ1v) is 3.58. The highest BCUT2D eigenvalue weighted by atomic mass is 16.4. The van der Waals surface area contributed by atoms with Gasteiger partial charge in [-0.15, -0.1) is 0 Å². The van der Waals surface area contributed by atoms with Crippen molar-refractivity contribution in [3.05, 3.63) is 18.3 Å². The van der Waals surface area contributed by atoms with E-state index in [9.17, 15) is 9.59 Å². The molecule has 1 heterocycles. The third-order valence-corrected chi connectivity index (χ3v) is 1.25. The van der Waals surface area contributed by atoms with E-state index in [4.69, 9.17) is 5.11 Å². The first-order valence-electron chi connectivity index (χ1n) is 3.58. The van der Waals surface area contributed by atoms with Crippen LogP contribution in [0.1, 0.15) is 0 Å². The number of carboxylic acid groups (broad SMARTS) is 1. The Balaban J connectivity index is 2.30. The van der Waals surface area contributed by atoms with E-state index in [1.54, 1.807) is 18.3 Å². The quantitative estimate of drug-likeness (QED) is 0.540. The zero-order valence-electron chi connectivity index (χ0n) is 6.70. The van der Waals surface area contributed by atoms with Crippen LogP contribution in [0.3, 0.4) is 0 Å². The maximum Gasteiger partial charge on any atom is 0.323 e. The fourth-order valence-corrected chi connectivity index (χ4v) is 0.730. The predicted octanol–water partition coefficient (Wildman–Crippen LogP) is 0.221. The number of H-pyrrole nitrogens is 1. The van der Waals surface area contributed by atoms with Crippen LogP contribution in [0, 0.1) is 0 Å². The van der Waals surface area contributed by atoms with Gasteiger partial charge in [0.15, 0.2) is 0 Å². The Kier molecular flexibility index (Phi) is 2.91. The molecule has 0 aromatic carbocycles. The highest BCUT2D eigenvalue weighted by Gasteiger charge is 2.02. The van der Waals surface area contributed by atoms with Crippen LogP contribution in [0.4, 0.5) is 10.6 Å². The molecule has 1 aromatic rings. The van der Waals surface area contributed by atoms with Gasteiger partial charge in [0, 0.05) is 6.20 Å². The van der Waals surface area contributed by atoms with E-state index in [0.717, 1.165) is 0 Å². The molecule has 1 rings (SSSR count). The van der Waals surface area contributed by atoms with Crippen molar-refractivity contribution in [3.8, 4) is 0 Å². The summed E-state index contributed by atoms with van der Waals surface area (Å²) < 4.78 is 0. The summed E-state index contributed by atoms with van der Waals surface area (Å²) in [7, 11) is 0. The van der Waals surface area contributed by atoms with Crippen molar-refractivity contribution in [2.75, 3.05) is 11.9 Å². The van der Waals surface area contributed by atoms with Gasteiger partial charge in [-0.1, -0.05) is 0 Å². The zero-order chi connectivity index (χ0) is 9.68. The number of hydrogen-bond donors (Lipinski definition) is 4. The van der Waals surface area contributed by atoms with Crippen LogP contribution in [-0.2, 0) is 4.79 Å². The number of aliphatic carboxylic acids is 1. The molecule has 13 heavy (non-hydrogen) atoms. The molecule has 0 radical (unpaired) electrons. The standard InChI is InChI=1S/C7H9N3O3/c11-6(12)4-9-7(13)10-5-2-1-3-8-5/h1-3,8H,4H2,(H,11,12)(H2,9,10,13). The minimum absolute atomic E-state index is 0.396. The largest absolute Gasteiger partial charge is 0.480 e. The number of carboxylic acids is 1. The van der Waals surface area contributed by atoms with E-state index in [-0.39, 0.29) is 0 Å². The molecule has 6 heteroatoms. The van der Waals surface area contributed by atoms with Gasteiger partial charge < -0.3 is 15.4 Å². The molecule has 1 aromatic heterocycles. The Morgan fingerprint density at radius 3 is 2.85 bits per heavy atom. The number of hydrogen-bond acceptors (Lipinski definition) is 2. The van der Waals surface area contributed by atoms with Crippen LogP contribution in [-0.4, -0.2) is 28.6 Å². The molecule has 2 amide bonds. The summed E-state index contributed by atoms with van der Waals surface area (Å²) in [5, 5.41) is 12.8. The molecule has 0 saturated heterocycles. The second-order valence-electron chi connectivity index (χ2n) is 2.29. The lowest BCUT2D eigenvalue weighted by Gasteiger charge is -2.02. The molecule has 0 fully saturated rings. The Hall–Kier alpha value is -1.98. The Morgan fingerprint density at radius 1 is 1.54 bits per heavy atom. The number of carbonyl (C=O) groups is 2. The fraction of sp³-hybridized carbons (Fsp3) is 0.143. The highest BCUT2D eigenvalue weighted by Crippen LogP contribution is 1.99. The summed E-state index contributed by atoms with van der Waals surface area (Å²) in [5.74, 6) is -0.565. The summed E-state index contributed by atoms with van der Waals surface area (Å²) in [6.45, 7) is -0.396. The molecule has 70 valence electrons. The second-order valence-corrected chi connectivity index (χ2v) is 2.29. The van der Waals surface area contributed by atoms with E-state index in [2.05, 4.69) is 15.6 Å². The van der Waals surface area contributed by atoms with Crippen molar-refractivity contribution in [2.24, 2.45) is 0 Å². The number of nitrogens with one attached hydrogen (secondary N) is 3. The van der Waals surface area contributed by atoms with Gasteiger partial charge in [0.2, 0.25) is 0 Å². The number of carbonyl (C=O) groups excluding carboxylic acids is 1. The number of anilines is 1. The van der Waals surface area contributed by atoms with Crippen molar-refractivity contribution in [2.45, 2.75) is 0 Å². The van der Waals surface area contributed by atoms with Gasteiger partial charge in [-0.25, -0.2) is 4.79 Å². The monoisotopic (exact) mass is 183 g/mol. The molecule has 4 N–H and O–H groups in total. The molecule has 0 aliphatic heterocycles. The van der Waals surface area contributed by atoms with Gasteiger partial charge in [-0.3, -0.25) is 10.1 Å². The van der Waals surface area contributed by atoms with E-state index in [0.29, 0.717) is 5.82 Å². The maximum atomic E-state index is 10.9. The molecule has 0 bridgehead atoms. The van der Waals surface area contributed by atoms with Crippen molar-refractivity contribution in [3.63, 3.8) is 0 Å². The van der Waals surface area contributed by atoms with E-state index in [1.807, 2.05) is 0 Å². The van der Waals surface area contributed by atoms with Gasteiger partial charge in [-0.05, 0) is 12.1 Å². The van der Waals surface area contributed by atoms with Gasteiger partial charge in [-0.2, -0.15) is 0 Å². The SMILES string of the molecule is O=C(O)CNC(=O)Nc1ccc[nH]1. The lowest BCUT2D eigenvalue weighted by atomic mass is 10.6. The lowest BCUT2D eigenvalue weighted by Crippen LogP contribution is -2.33. The average Bonchev–Trinajstić information content (AvgIpc) is 2.53. The molecule has 0 unspecified atom stereocenters. The predicted molar refractivity (Wildman–Crippen MR) is 45.4 cm³/mol. The number of aromatic nitrogens is 1. The summed E-state index contributed by atoms with van der Waals surface area (Å²) in [4.78, 5) is 23.7. The van der Waals surface area contributed by atoms with Gasteiger partial charge in [0.25, 0.3) is 0 Å². The van der Waals surface area contributed by atoms with Crippen molar-refractivity contribution < 1.29 is 14.7 Å². The summed E-state index contributed by atoms with van der Waals surface area (Å²) in [6.07, 6.45) is 1.65. The molecule has 0 aliphatic carbocycles. The Labute approximate surface area is 74.0 Å². The summed E-state index contributed by atoms with van der Waals surface area (Å²) >= 11 is 0. The molecule has 0 saturated carbocycles. The van der Waals surface area contributed by atoms with Crippen LogP contribution < -0.4 is 10.6 Å². The molecule has 0 spiro atoms. The van der Waals surface area contributed by atoms with Crippen LogP contribution in [0.25, 0.3) is 0 Å². The van der Waals surface area contributed by atoms with Crippen LogP contribution in [0.2, 0.25) is 0 Å². The highest BCUT2D eigenvalue weighted by molar-refractivity contribution is 5.90. The number of rotatable bonds is 3. The second kappa shape index (κ2) is 4.15. The number of urea groups is 1. The Morgan fingerprint density at radius 2 is 2.31 bits per heavy atom. The van der Waals surface area contributed by atoms with Crippen molar-refractivity contribution in [1.82, 2.24) is 10.3 Å². The first kappa shape index (κ1) is 9.11. The smallest absolute Gasteiger partial charge is 0.323 e. The third-order valence-electron chi connectivity index (χ3n) is 1.25. The molecular formula is C7H9N3O3. The van der Waals surface area contributed by atoms with Gasteiger partial charge in [0.05, 0.1) is 0 Å². The Bertz CT molecular complexity index is 294. The molecular weight excluding hydrogens is 174 g/mol. The van der Waals surface area contributed by atoms with Gasteiger partial charge in [0.1, 0.15) is 12.4 Å². The first-order chi connectivity index (χ1) is 6.18. The van der Waals surface area contributed by atoms with E-state index in [1.165, 1.54) is 0 Å². The minimum Gasteiger partial charge on any atom is -0.480 e. The van der Waals surface area contributed by atoms with Crippen molar-refractivity contribution >= 4 is 17.8 Å². The topological polar surface area (TPSA) is 94.2 Å².